The van der Waals surface area contributed by atoms with Gasteiger partial charge in [0, 0.05) is 44.4 Å². The van der Waals surface area contributed by atoms with Crippen molar-refractivity contribution in [3.63, 3.8) is 0 Å². The van der Waals surface area contributed by atoms with Gasteiger partial charge in [-0.3, -0.25) is 14.4 Å². The molecule has 1 heterocycles. The van der Waals surface area contributed by atoms with Gasteiger partial charge in [-0.1, -0.05) is 18.6 Å². The first-order valence-corrected chi connectivity index (χ1v) is 10.4. The van der Waals surface area contributed by atoms with Crippen molar-refractivity contribution < 1.29 is 19.1 Å². The van der Waals surface area contributed by atoms with Gasteiger partial charge in [0.05, 0.1) is 7.11 Å². The van der Waals surface area contributed by atoms with E-state index in [0.717, 1.165) is 37.0 Å². The highest BCUT2D eigenvalue weighted by Gasteiger charge is 2.32. The molecule has 7 heteroatoms. The minimum atomic E-state index is -0.346. The van der Waals surface area contributed by atoms with Crippen molar-refractivity contribution in [2.45, 2.75) is 51.1 Å². The molecule has 2 fully saturated rings. The van der Waals surface area contributed by atoms with Crippen LogP contribution in [0.5, 0.6) is 5.75 Å². The number of ether oxygens (including phenoxy) is 1. The number of carbonyl (C=O) groups is 3. The van der Waals surface area contributed by atoms with Crippen molar-refractivity contribution in [3.05, 3.63) is 29.8 Å². The molecule has 1 aliphatic carbocycles. The lowest BCUT2D eigenvalue weighted by molar-refractivity contribution is -0.135. The third kappa shape index (κ3) is 6.21. The molecule has 0 radical (unpaired) electrons. The molecule has 2 N–H and O–H groups in total. The van der Waals surface area contributed by atoms with E-state index in [1.165, 1.54) is 0 Å². The van der Waals surface area contributed by atoms with Crippen LogP contribution >= 0.6 is 0 Å². The lowest BCUT2D eigenvalue weighted by atomic mass is 9.96. The van der Waals surface area contributed by atoms with E-state index in [9.17, 15) is 14.4 Å². The summed E-state index contributed by atoms with van der Waals surface area (Å²) < 4.78 is 5.14. The monoisotopic (exact) mass is 401 g/mol. The van der Waals surface area contributed by atoms with Crippen molar-refractivity contribution >= 4 is 17.7 Å². The molecule has 7 nitrogen and oxygen atoms in total. The smallest absolute Gasteiger partial charge is 0.223 e. The van der Waals surface area contributed by atoms with Crippen LogP contribution in [0.25, 0.3) is 0 Å². The number of hydrogen-bond donors (Lipinski definition) is 2. The molecule has 3 rings (SSSR count). The molecule has 158 valence electrons. The predicted molar refractivity (Wildman–Crippen MR) is 109 cm³/mol. The molecule has 1 saturated heterocycles. The summed E-state index contributed by atoms with van der Waals surface area (Å²) in [6.07, 6.45) is 4.35. The standard InChI is InChI=1S/C22H31N3O4/c1-25-14-18(24-22(28)16-8-9-16)5-3-4-17(12-20(25)26)21(27)23-13-15-6-10-19(29-2)11-7-15/h6-7,10-11,16-18H,3-5,8-9,12-14H2,1-2H3,(H,23,27)(H,24,28)/t17-,18-/m1/s1. The lowest BCUT2D eigenvalue weighted by Crippen LogP contribution is -2.44. The quantitative estimate of drug-likeness (QED) is 0.762. The van der Waals surface area contributed by atoms with Crippen LogP contribution in [0.1, 0.15) is 44.1 Å². The van der Waals surface area contributed by atoms with Crippen LogP contribution in [0.3, 0.4) is 0 Å². The minimum absolute atomic E-state index is 0.0434. The largest absolute Gasteiger partial charge is 0.497 e. The molecule has 2 aliphatic rings. The van der Waals surface area contributed by atoms with E-state index in [0.29, 0.717) is 19.5 Å². The van der Waals surface area contributed by atoms with Crippen molar-refractivity contribution in [3.8, 4) is 5.75 Å². The number of likely N-dealkylation sites (N-methyl/N-ethyl adjacent to an activating group) is 1. The summed E-state index contributed by atoms with van der Waals surface area (Å²) in [5.41, 5.74) is 0.980. The van der Waals surface area contributed by atoms with Crippen LogP contribution in [-0.4, -0.2) is 49.4 Å². The molecule has 0 unspecified atom stereocenters. The fraction of sp³-hybridized carbons (Fsp3) is 0.591. The Morgan fingerprint density at radius 1 is 1.07 bits per heavy atom. The highest BCUT2D eigenvalue weighted by atomic mass is 16.5. The molecular formula is C22H31N3O4. The Kier molecular flexibility index (Phi) is 7.12. The number of carbonyl (C=O) groups excluding carboxylic acids is 3. The van der Waals surface area contributed by atoms with Gasteiger partial charge in [-0.25, -0.2) is 0 Å². The zero-order chi connectivity index (χ0) is 20.8. The molecule has 2 atom stereocenters. The van der Waals surface area contributed by atoms with E-state index in [-0.39, 0.29) is 42.0 Å². The van der Waals surface area contributed by atoms with Gasteiger partial charge in [0.1, 0.15) is 5.75 Å². The Morgan fingerprint density at radius 2 is 1.79 bits per heavy atom. The van der Waals surface area contributed by atoms with Crippen LogP contribution in [0.4, 0.5) is 0 Å². The first kappa shape index (κ1) is 21.1. The normalized spacial score (nSPS) is 22.8. The third-order valence-corrected chi connectivity index (χ3v) is 5.74. The summed E-state index contributed by atoms with van der Waals surface area (Å²) in [5.74, 6) is 0.531. The maximum atomic E-state index is 12.7. The molecular weight excluding hydrogens is 370 g/mol. The number of methoxy groups -OCH3 is 1. The zero-order valence-corrected chi connectivity index (χ0v) is 17.3. The van der Waals surface area contributed by atoms with Crippen LogP contribution in [-0.2, 0) is 20.9 Å². The topological polar surface area (TPSA) is 87.7 Å². The molecule has 1 saturated carbocycles. The fourth-order valence-electron chi connectivity index (χ4n) is 3.69. The van der Waals surface area contributed by atoms with Crippen molar-refractivity contribution in [1.29, 1.82) is 0 Å². The number of amides is 3. The number of nitrogens with one attached hydrogen (secondary N) is 2. The molecule has 29 heavy (non-hydrogen) atoms. The average Bonchev–Trinajstić information content (AvgIpc) is 3.55. The number of rotatable bonds is 6. The van der Waals surface area contributed by atoms with Crippen LogP contribution in [0.15, 0.2) is 24.3 Å². The minimum Gasteiger partial charge on any atom is -0.497 e. The maximum absolute atomic E-state index is 12.7. The summed E-state index contributed by atoms with van der Waals surface area (Å²) in [4.78, 5) is 39.0. The third-order valence-electron chi connectivity index (χ3n) is 5.74. The van der Waals surface area contributed by atoms with E-state index in [2.05, 4.69) is 10.6 Å². The molecule has 0 bridgehead atoms. The summed E-state index contributed by atoms with van der Waals surface area (Å²) in [6, 6.07) is 7.49. The second-order valence-corrected chi connectivity index (χ2v) is 8.15. The summed E-state index contributed by atoms with van der Waals surface area (Å²) in [6.45, 7) is 0.918. The van der Waals surface area contributed by atoms with Gasteiger partial charge >= 0.3 is 0 Å². The highest BCUT2D eigenvalue weighted by molar-refractivity contribution is 5.86. The maximum Gasteiger partial charge on any atom is 0.223 e. The van der Waals surface area contributed by atoms with E-state index in [4.69, 9.17) is 4.74 Å². The number of hydrogen-bond acceptors (Lipinski definition) is 4. The number of nitrogens with zero attached hydrogens (tertiary/aromatic N) is 1. The van der Waals surface area contributed by atoms with Crippen LogP contribution in [0, 0.1) is 11.8 Å². The first-order valence-electron chi connectivity index (χ1n) is 10.4. The number of benzene rings is 1. The van der Waals surface area contributed by atoms with E-state index in [1.807, 2.05) is 24.3 Å². The fourth-order valence-corrected chi connectivity index (χ4v) is 3.69. The van der Waals surface area contributed by atoms with Gasteiger partial charge in [0.25, 0.3) is 0 Å². The molecule has 0 spiro atoms. The summed E-state index contributed by atoms with van der Waals surface area (Å²) >= 11 is 0. The Labute approximate surface area is 172 Å². The zero-order valence-electron chi connectivity index (χ0n) is 17.3. The Hall–Kier alpha value is -2.57. The van der Waals surface area contributed by atoms with Gasteiger partial charge in [-0.05, 0) is 43.4 Å². The van der Waals surface area contributed by atoms with E-state index >= 15 is 0 Å². The van der Waals surface area contributed by atoms with Gasteiger partial charge < -0.3 is 20.3 Å². The molecule has 1 aliphatic heterocycles. The molecule has 3 amide bonds. The Balaban J connectivity index is 1.53. The van der Waals surface area contributed by atoms with Gasteiger partial charge in [0.2, 0.25) is 17.7 Å². The van der Waals surface area contributed by atoms with Crippen molar-refractivity contribution in [2.24, 2.45) is 11.8 Å². The van der Waals surface area contributed by atoms with Crippen molar-refractivity contribution in [2.75, 3.05) is 20.7 Å². The van der Waals surface area contributed by atoms with Crippen LogP contribution in [0.2, 0.25) is 0 Å². The Morgan fingerprint density at radius 3 is 2.45 bits per heavy atom. The van der Waals surface area contributed by atoms with Gasteiger partial charge in [-0.2, -0.15) is 0 Å². The van der Waals surface area contributed by atoms with Crippen molar-refractivity contribution in [1.82, 2.24) is 15.5 Å². The molecule has 1 aromatic rings. The first-order chi connectivity index (χ1) is 14.0. The highest BCUT2D eigenvalue weighted by Crippen LogP contribution is 2.29. The second kappa shape index (κ2) is 9.76. The van der Waals surface area contributed by atoms with Gasteiger partial charge in [-0.15, -0.1) is 0 Å². The SMILES string of the molecule is COc1ccc(CNC(=O)[C@@H]2CCC[C@@H](NC(=O)C3CC3)CN(C)C(=O)C2)cc1. The van der Waals surface area contributed by atoms with E-state index < -0.39 is 0 Å². The summed E-state index contributed by atoms with van der Waals surface area (Å²) in [5, 5.41) is 6.04. The summed E-state index contributed by atoms with van der Waals surface area (Å²) in [7, 11) is 3.36. The van der Waals surface area contributed by atoms with Crippen LogP contribution < -0.4 is 15.4 Å². The molecule has 0 aromatic heterocycles. The Bertz CT molecular complexity index is 730. The lowest BCUT2D eigenvalue weighted by Gasteiger charge is -2.24. The molecule has 1 aromatic carbocycles. The van der Waals surface area contributed by atoms with Gasteiger partial charge in [0.15, 0.2) is 0 Å². The van der Waals surface area contributed by atoms with E-state index in [1.54, 1.807) is 19.1 Å². The predicted octanol–water partition coefficient (Wildman–Crippen LogP) is 1.85. The average molecular weight is 402 g/mol. The second-order valence-electron chi connectivity index (χ2n) is 8.15.